The van der Waals surface area contributed by atoms with E-state index in [1.165, 1.54) is 12.1 Å². The lowest BCUT2D eigenvalue weighted by molar-refractivity contribution is 0.264. The molecule has 1 amide bonds. The standard InChI is InChI=1S/C7H4Cl2FNOS/c8-6-4(10)2-1-3-5(6)13-11-7(9)12/h1-3H,(H,11,12). The Labute approximate surface area is 88.5 Å². The Morgan fingerprint density at radius 2 is 2.23 bits per heavy atom. The first-order valence-corrected chi connectivity index (χ1v) is 4.75. The molecular formula is C7H4Cl2FNOS. The first kappa shape index (κ1) is 10.6. The summed E-state index contributed by atoms with van der Waals surface area (Å²) in [6.07, 6.45) is 0. The predicted octanol–water partition coefficient (Wildman–Crippen LogP) is 3.43. The van der Waals surface area contributed by atoms with E-state index in [9.17, 15) is 9.18 Å². The zero-order chi connectivity index (χ0) is 9.84. The van der Waals surface area contributed by atoms with Crippen LogP contribution in [-0.4, -0.2) is 5.37 Å². The Kier molecular flexibility index (Phi) is 3.84. The normalized spacial score (nSPS) is 9.77. The second-order valence-corrected chi connectivity index (χ2v) is 3.60. The molecule has 0 atom stereocenters. The number of halogens is 3. The summed E-state index contributed by atoms with van der Waals surface area (Å²) in [7, 11) is 0. The fraction of sp³-hybridized carbons (Fsp3) is 0. The molecule has 0 aliphatic heterocycles. The fourth-order valence-corrected chi connectivity index (χ4v) is 1.54. The average Bonchev–Trinajstić information content (AvgIpc) is 2.07. The highest BCUT2D eigenvalue weighted by atomic mass is 35.5. The first-order valence-electron chi connectivity index (χ1n) is 3.17. The number of hydrogen-bond acceptors (Lipinski definition) is 2. The van der Waals surface area contributed by atoms with Crippen LogP contribution in [-0.2, 0) is 0 Å². The molecule has 0 aromatic heterocycles. The van der Waals surface area contributed by atoms with E-state index in [0.29, 0.717) is 4.90 Å². The van der Waals surface area contributed by atoms with E-state index in [4.69, 9.17) is 23.2 Å². The van der Waals surface area contributed by atoms with Crippen LogP contribution in [0.2, 0.25) is 5.02 Å². The summed E-state index contributed by atoms with van der Waals surface area (Å²) >= 11 is 11.5. The molecule has 0 fully saturated rings. The van der Waals surface area contributed by atoms with Gasteiger partial charge in [-0.1, -0.05) is 17.7 Å². The molecule has 1 rings (SSSR count). The SMILES string of the molecule is O=C(Cl)NSc1cccc(F)c1Cl. The van der Waals surface area contributed by atoms with E-state index in [0.717, 1.165) is 11.9 Å². The molecule has 0 heterocycles. The first-order chi connectivity index (χ1) is 6.11. The minimum Gasteiger partial charge on any atom is -0.282 e. The van der Waals surface area contributed by atoms with Crippen LogP contribution < -0.4 is 4.72 Å². The largest absolute Gasteiger partial charge is 0.323 e. The molecule has 0 spiro atoms. The quantitative estimate of drug-likeness (QED) is 0.487. The maximum absolute atomic E-state index is 12.8. The van der Waals surface area contributed by atoms with Crippen molar-refractivity contribution < 1.29 is 9.18 Å². The summed E-state index contributed by atoms with van der Waals surface area (Å²) in [5.74, 6) is -0.532. The van der Waals surface area contributed by atoms with Gasteiger partial charge >= 0.3 is 5.37 Å². The van der Waals surface area contributed by atoms with Gasteiger partial charge in [-0.15, -0.1) is 0 Å². The molecule has 2 nitrogen and oxygen atoms in total. The van der Waals surface area contributed by atoms with Crippen molar-refractivity contribution in [3.8, 4) is 0 Å². The van der Waals surface area contributed by atoms with Gasteiger partial charge in [0.1, 0.15) is 5.82 Å². The van der Waals surface area contributed by atoms with Gasteiger partial charge in [-0.3, -0.25) is 9.52 Å². The molecule has 0 aliphatic carbocycles. The van der Waals surface area contributed by atoms with Crippen molar-refractivity contribution >= 4 is 40.5 Å². The maximum atomic E-state index is 12.8. The van der Waals surface area contributed by atoms with Gasteiger partial charge in [0.2, 0.25) is 0 Å². The van der Waals surface area contributed by atoms with Crippen LogP contribution in [0.3, 0.4) is 0 Å². The lowest BCUT2D eigenvalue weighted by Gasteiger charge is -2.02. The highest BCUT2D eigenvalue weighted by Crippen LogP contribution is 2.27. The van der Waals surface area contributed by atoms with E-state index < -0.39 is 11.2 Å². The summed E-state index contributed by atoms with van der Waals surface area (Å²) < 4.78 is 15.0. The molecule has 0 saturated carbocycles. The zero-order valence-electron chi connectivity index (χ0n) is 6.18. The minimum absolute atomic E-state index is 0.0297. The van der Waals surface area contributed by atoms with Crippen molar-refractivity contribution in [2.75, 3.05) is 0 Å². The van der Waals surface area contributed by atoms with Crippen LogP contribution in [0.5, 0.6) is 0 Å². The van der Waals surface area contributed by atoms with E-state index in [2.05, 4.69) is 4.72 Å². The van der Waals surface area contributed by atoms with Gasteiger partial charge in [-0.2, -0.15) is 0 Å². The molecule has 13 heavy (non-hydrogen) atoms. The Hall–Kier alpha value is -0.450. The predicted molar refractivity (Wildman–Crippen MR) is 51.7 cm³/mol. The fourth-order valence-electron chi connectivity index (χ4n) is 0.658. The van der Waals surface area contributed by atoms with Crippen molar-refractivity contribution in [1.29, 1.82) is 0 Å². The highest BCUT2D eigenvalue weighted by molar-refractivity contribution is 7.98. The monoisotopic (exact) mass is 239 g/mol. The lowest BCUT2D eigenvalue weighted by Crippen LogP contribution is -2.05. The zero-order valence-corrected chi connectivity index (χ0v) is 8.51. The van der Waals surface area contributed by atoms with Gasteiger partial charge < -0.3 is 0 Å². The van der Waals surface area contributed by atoms with Crippen molar-refractivity contribution in [3.63, 3.8) is 0 Å². The Bertz CT molecular complexity index is 334. The minimum atomic E-state index is -0.731. The van der Waals surface area contributed by atoms with E-state index in [-0.39, 0.29) is 5.02 Å². The summed E-state index contributed by atoms with van der Waals surface area (Å²) in [5.41, 5.74) is 0. The van der Waals surface area contributed by atoms with Gasteiger partial charge in [0.15, 0.2) is 0 Å². The average molecular weight is 240 g/mol. The molecule has 1 aromatic carbocycles. The molecule has 0 saturated heterocycles. The van der Waals surface area contributed by atoms with Crippen molar-refractivity contribution in [2.24, 2.45) is 0 Å². The summed E-state index contributed by atoms with van der Waals surface area (Å²) in [6.45, 7) is 0. The van der Waals surface area contributed by atoms with E-state index in [1.54, 1.807) is 6.07 Å². The third-order valence-corrected chi connectivity index (χ3v) is 2.71. The Balaban J connectivity index is 2.77. The Morgan fingerprint density at radius 1 is 1.54 bits per heavy atom. The van der Waals surface area contributed by atoms with Crippen LogP contribution in [0.15, 0.2) is 23.1 Å². The molecule has 0 aliphatic rings. The van der Waals surface area contributed by atoms with Crippen molar-refractivity contribution in [2.45, 2.75) is 4.90 Å². The third-order valence-electron chi connectivity index (χ3n) is 1.16. The number of carbonyl (C=O) groups is 1. The molecule has 0 unspecified atom stereocenters. The molecule has 1 N–H and O–H groups in total. The number of rotatable bonds is 2. The highest BCUT2D eigenvalue weighted by Gasteiger charge is 2.06. The van der Waals surface area contributed by atoms with E-state index in [1.807, 2.05) is 0 Å². The molecule has 6 heteroatoms. The topological polar surface area (TPSA) is 29.1 Å². The lowest BCUT2D eigenvalue weighted by atomic mass is 10.3. The van der Waals surface area contributed by atoms with Crippen molar-refractivity contribution in [3.05, 3.63) is 29.0 Å². The van der Waals surface area contributed by atoms with Crippen LogP contribution in [0.1, 0.15) is 0 Å². The smallest absolute Gasteiger partial charge is 0.282 e. The van der Waals surface area contributed by atoms with Crippen molar-refractivity contribution in [1.82, 2.24) is 4.72 Å². The maximum Gasteiger partial charge on any atom is 0.323 e. The van der Waals surface area contributed by atoms with Gasteiger partial charge in [0.25, 0.3) is 0 Å². The van der Waals surface area contributed by atoms with Crippen LogP contribution in [0, 0.1) is 5.82 Å². The summed E-state index contributed by atoms with van der Waals surface area (Å²) in [6, 6.07) is 4.29. The number of hydrogen-bond donors (Lipinski definition) is 1. The second-order valence-electron chi connectivity index (χ2n) is 2.03. The molecule has 70 valence electrons. The third kappa shape index (κ3) is 3.06. The summed E-state index contributed by atoms with van der Waals surface area (Å²) in [5, 5.41) is -0.761. The second kappa shape index (κ2) is 4.69. The molecule has 0 radical (unpaired) electrons. The molecular weight excluding hydrogens is 236 g/mol. The van der Waals surface area contributed by atoms with Gasteiger partial charge in [-0.25, -0.2) is 4.39 Å². The van der Waals surface area contributed by atoms with E-state index >= 15 is 0 Å². The number of amides is 1. The van der Waals surface area contributed by atoms with Gasteiger partial charge in [0.05, 0.1) is 9.92 Å². The number of nitrogens with one attached hydrogen (secondary N) is 1. The Morgan fingerprint density at radius 3 is 2.85 bits per heavy atom. The summed E-state index contributed by atoms with van der Waals surface area (Å²) in [4.78, 5) is 10.7. The molecule has 0 bridgehead atoms. The molecule has 1 aromatic rings. The number of carbonyl (C=O) groups excluding carboxylic acids is 1. The van der Waals surface area contributed by atoms with Crippen LogP contribution >= 0.6 is 35.1 Å². The van der Waals surface area contributed by atoms with Crippen LogP contribution in [0.25, 0.3) is 0 Å². The van der Waals surface area contributed by atoms with Gasteiger partial charge in [-0.05, 0) is 35.7 Å². The van der Waals surface area contributed by atoms with Gasteiger partial charge in [0, 0.05) is 0 Å². The van der Waals surface area contributed by atoms with Crippen LogP contribution in [0.4, 0.5) is 9.18 Å². The number of benzene rings is 1.